The largest absolute Gasteiger partial charge is 0.486 e. The number of para-hydroxylation sites is 1. The summed E-state index contributed by atoms with van der Waals surface area (Å²) in [7, 11) is 0. The maximum absolute atomic E-state index is 12.5. The summed E-state index contributed by atoms with van der Waals surface area (Å²) in [5.41, 5.74) is 3.57. The molecular formula is C23H18N2O3S. The predicted molar refractivity (Wildman–Crippen MR) is 115 cm³/mol. The predicted octanol–water partition coefficient (Wildman–Crippen LogP) is 5.03. The quantitative estimate of drug-likeness (QED) is 0.475. The lowest BCUT2D eigenvalue weighted by atomic mass is 10.1. The number of ether oxygens (including phenoxy) is 2. The molecule has 5 rings (SSSR count). The lowest BCUT2D eigenvalue weighted by Gasteiger charge is -2.18. The van der Waals surface area contributed by atoms with Gasteiger partial charge in [-0.2, -0.15) is 0 Å². The van der Waals surface area contributed by atoms with Gasteiger partial charge in [-0.05, 0) is 54.6 Å². The van der Waals surface area contributed by atoms with Crippen LogP contribution in [0.3, 0.4) is 0 Å². The molecule has 0 aliphatic carbocycles. The molecule has 2 heterocycles. The van der Waals surface area contributed by atoms with Gasteiger partial charge in [0.25, 0.3) is 0 Å². The number of hydrogen-bond donors (Lipinski definition) is 1. The third-order valence-corrected chi connectivity index (χ3v) is 5.83. The van der Waals surface area contributed by atoms with Crippen molar-refractivity contribution in [3.8, 4) is 22.1 Å². The van der Waals surface area contributed by atoms with Crippen molar-refractivity contribution in [3.05, 3.63) is 72.3 Å². The molecule has 0 saturated heterocycles. The van der Waals surface area contributed by atoms with Crippen LogP contribution in [0, 0.1) is 0 Å². The second-order valence-corrected chi connectivity index (χ2v) is 7.73. The van der Waals surface area contributed by atoms with E-state index in [0.717, 1.165) is 21.8 Å². The molecule has 144 valence electrons. The van der Waals surface area contributed by atoms with Crippen LogP contribution in [0.4, 0.5) is 5.69 Å². The monoisotopic (exact) mass is 402 g/mol. The summed E-state index contributed by atoms with van der Waals surface area (Å²) >= 11 is 1.68. The van der Waals surface area contributed by atoms with Gasteiger partial charge in [-0.15, -0.1) is 11.3 Å². The summed E-state index contributed by atoms with van der Waals surface area (Å²) in [6.45, 7) is 1.25. The minimum Gasteiger partial charge on any atom is -0.486 e. The molecule has 29 heavy (non-hydrogen) atoms. The zero-order valence-corrected chi connectivity index (χ0v) is 16.4. The summed E-state index contributed by atoms with van der Waals surface area (Å²) in [5, 5.41) is 4.18. The van der Waals surface area contributed by atoms with Crippen LogP contribution >= 0.6 is 11.3 Å². The Morgan fingerprint density at radius 2 is 1.76 bits per heavy atom. The lowest BCUT2D eigenvalue weighted by molar-refractivity contribution is 0.100. The molecule has 6 heteroatoms. The van der Waals surface area contributed by atoms with Crippen LogP contribution in [-0.2, 0) is 0 Å². The van der Waals surface area contributed by atoms with Gasteiger partial charge in [-0.25, -0.2) is 4.98 Å². The van der Waals surface area contributed by atoms with Crippen molar-refractivity contribution in [2.75, 3.05) is 25.1 Å². The summed E-state index contributed by atoms with van der Waals surface area (Å²) in [6, 6.07) is 21.4. The maximum atomic E-state index is 12.5. The van der Waals surface area contributed by atoms with E-state index in [1.54, 1.807) is 29.5 Å². The Kier molecular flexibility index (Phi) is 4.62. The first kappa shape index (κ1) is 17.7. The molecule has 0 fully saturated rings. The molecule has 0 radical (unpaired) electrons. The molecule has 0 saturated carbocycles. The van der Waals surface area contributed by atoms with Crippen molar-refractivity contribution >= 4 is 33.0 Å². The standard InChI is InChI=1S/C23H18N2O3S/c26-19(16-7-10-20-21(13-16)28-12-11-27-20)14-24-17-8-5-15(6-9-17)23-25-18-3-1-2-4-22(18)29-23/h1-10,13,24H,11-12,14H2. The van der Waals surface area contributed by atoms with Crippen molar-refractivity contribution in [2.45, 2.75) is 0 Å². The molecule has 0 spiro atoms. The first-order valence-electron chi connectivity index (χ1n) is 9.39. The number of anilines is 1. The summed E-state index contributed by atoms with van der Waals surface area (Å²) < 4.78 is 12.2. The molecular weight excluding hydrogens is 384 g/mol. The average Bonchev–Trinajstić information content (AvgIpc) is 3.22. The second-order valence-electron chi connectivity index (χ2n) is 6.70. The number of nitrogens with one attached hydrogen (secondary N) is 1. The van der Waals surface area contributed by atoms with E-state index in [1.807, 2.05) is 42.5 Å². The van der Waals surface area contributed by atoms with Crippen LogP contribution in [0.2, 0.25) is 0 Å². The van der Waals surface area contributed by atoms with E-state index < -0.39 is 0 Å². The first-order chi connectivity index (χ1) is 14.3. The van der Waals surface area contributed by atoms with Crippen molar-refractivity contribution in [2.24, 2.45) is 0 Å². The SMILES string of the molecule is O=C(CNc1ccc(-c2nc3ccccc3s2)cc1)c1ccc2c(c1)OCCO2. The van der Waals surface area contributed by atoms with E-state index in [-0.39, 0.29) is 12.3 Å². The van der Waals surface area contributed by atoms with Gasteiger partial charge >= 0.3 is 0 Å². The van der Waals surface area contributed by atoms with Crippen LogP contribution in [-0.4, -0.2) is 30.5 Å². The van der Waals surface area contributed by atoms with E-state index in [1.165, 1.54) is 4.70 Å². The number of nitrogens with zero attached hydrogens (tertiary/aromatic N) is 1. The number of benzene rings is 3. The highest BCUT2D eigenvalue weighted by atomic mass is 32.1. The third kappa shape index (κ3) is 3.67. The zero-order valence-electron chi connectivity index (χ0n) is 15.6. The molecule has 0 amide bonds. The van der Waals surface area contributed by atoms with Gasteiger partial charge in [0.05, 0.1) is 16.8 Å². The number of Topliss-reactive ketones (excluding diaryl/α,β-unsaturated/α-hetero) is 1. The molecule has 1 N–H and O–H groups in total. The van der Waals surface area contributed by atoms with Gasteiger partial charge in [0.1, 0.15) is 18.2 Å². The molecule has 1 aliphatic heterocycles. The molecule has 3 aromatic carbocycles. The first-order valence-corrected chi connectivity index (χ1v) is 10.2. The number of carbonyl (C=O) groups excluding carboxylic acids is 1. The Labute approximate surface area is 171 Å². The van der Waals surface area contributed by atoms with Gasteiger partial charge in [0.2, 0.25) is 0 Å². The third-order valence-electron chi connectivity index (χ3n) is 4.74. The zero-order chi connectivity index (χ0) is 19.6. The summed E-state index contributed by atoms with van der Waals surface area (Å²) in [5.74, 6) is 1.31. The Hall–Kier alpha value is -3.38. The van der Waals surface area contributed by atoms with Crippen LogP contribution in [0.5, 0.6) is 11.5 Å². The molecule has 4 aromatic rings. The normalized spacial score (nSPS) is 12.7. The molecule has 0 atom stereocenters. The number of ketones is 1. The minimum absolute atomic E-state index is 0.00257. The van der Waals surface area contributed by atoms with Crippen LogP contribution in [0.25, 0.3) is 20.8 Å². The molecule has 1 aromatic heterocycles. The number of hydrogen-bond acceptors (Lipinski definition) is 6. The van der Waals surface area contributed by atoms with Crippen molar-refractivity contribution in [1.82, 2.24) is 4.98 Å². The summed E-state index contributed by atoms with van der Waals surface area (Å²) in [4.78, 5) is 17.2. The number of carbonyl (C=O) groups is 1. The Morgan fingerprint density at radius 1 is 0.966 bits per heavy atom. The van der Waals surface area contributed by atoms with Crippen LogP contribution in [0.15, 0.2) is 66.7 Å². The highest BCUT2D eigenvalue weighted by Gasteiger charge is 2.15. The van der Waals surface area contributed by atoms with E-state index in [0.29, 0.717) is 30.3 Å². The lowest BCUT2D eigenvalue weighted by Crippen LogP contribution is -2.17. The Balaban J connectivity index is 1.26. The highest BCUT2D eigenvalue weighted by molar-refractivity contribution is 7.21. The van der Waals surface area contributed by atoms with Gasteiger partial charge < -0.3 is 14.8 Å². The minimum atomic E-state index is -0.00257. The highest BCUT2D eigenvalue weighted by Crippen LogP contribution is 2.32. The maximum Gasteiger partial charge on any atom is 0.181 e. The van der Waals surface area contributed by atoms with E-state index >= 15 is 0 Å². The van der Waals surface area contributed by atoms with Crippen molar-refractivity contribution in [1.29, 1.82) is 0 Å². The topological polar surface area (TPSA) is 60.5 Å². The van der Waals surface area contributed by atoms with E-state index in [9.17, 15) is 4.79 Å². The fourth-order valence-electron chi connectivity index (χ4n) is 3.23. The molecule has 1 aliphatic rings. The second kappa shape index (κ2) is 7.56. The van der Waals surface area contributed by atoms with E-state index in [4.69, 9.17) is 9.47 Å². The molecule has 0 bridgehead atoms. The average molecular weight is 402 g/mol. The van der Waals surface area contributed by atoms with Gasteiger partial charge in [-0.1, -0.05) is 12.1 Å². The number of rotatable bonds is 5. The van der Waals surface area contributed by atoms with Gasteiger partial charge in [0, 0.05) is 16.8 Å². The van der Waals surface area contributed by atoms with Crippen LogP contribution in [0.1, 0.15) is 10.4 Å². The fraction of sp³-hybridized carbons (Fsp3) is 0.130. The van der Waals surface area contributed by atoms with Crippen LogP contribution < -0.4 is 14.8 Å². The smallest absolute Gasteiger partial charge is 0.181 e. The number of aromatic nitrogens is 1. The van der Waals surface area contributed by atoms with Crippen molar-refractivity contribution < 1.29 is 14.3 Å². The van der Waals surface area contributed by atoms with Crippen molar-refractivity contribution in [3.63, 3.8) is 0 Å². The van der Waals surface area contributed by atoms with E-state index in [2.05, 4.69) is 16.4 Å². The number of fused-ring (bicyclic) bond motifs is 2. The fourth-order valence-corrected chi connectivity index (χ4v) is 4.20. The molecule has 0 unspecified atom stereocenters. The Morgan fingerprint density at radius 3 is 2.59 bits per heavy atom. The summed E-state index contributed by atoms with van der Waals surface area (Å²) in [6.07, 6.45) is 0. The Bertz CT molecular complexity index is 1150. The molecule has 5 nitrogen and oxygen atoms in total. The van der Waals surface area contributed by atoms with Gasteiger partial charge in [-0.3, -0.25) is 4.79 Å². The van der Waals surface area contributed by atoms with Gasteiger partial charge in [0.15, 0.2) is 17.3 Å². The number of thiazole rings is 1.